The Morgan fingerprint density at radius 3 is 2.00 bits per heavy atom. The lowest BCUT2D eigenvalue weighted by Gasteiger charge is -2.40. The molecule has 1 aromatic carbocycles. The fourth-order valence-electron chi connectivity index (χ4n) is 6.11. The largest absolute Gasteiger partial charge is 0.373 e. The van der Waals surface area contributed by atoms with Gasteiger partial charge in [-0.25, -0.2) is 0 Å². The van der Waals surface area contributed by atoms with E-state index in [0.717, 1.165) is 10.6 Å². The lowest BCUT2D eigenvalue weighted by atomic mass is 9.65. The second kappa shape index (κ2) is 5.90. The Hall–Kier alpha value is -0.820. The Labute approximate surface area is 186 Å². The van der Waals surface area contributed by atoms with E-state index in [1.165, 1.54) is 0 Å². The smallest absolute Gasteiger partial charge is 0.260 e. The Balaban J connectivity index is 1.32. The number of carbonyl (C=O) groups excluding carboxylic acids is 2. The van der Waals surface area contributed by atoms with Crippen LogP contribution in [0.15, 0.2) is 40.4 Å². The summed E-state index contributed by atoms with van der Waals surface area (Å²) in [5.41, 5.74) is 0.862. The van der Waals surface area contributed by atoms with Crippen LogP contribution < -0.4 is 0 Å². The van der Waals surface area contributed by atoms with E-state index in [2.05, 4.69) is 0 Å². The van der Waals surface area contributed by atoms with Crippen molar-refractivity contribution >= 4 is 58.2 Å². The molecule has 152 valence electrons. The van der Waals surface area contributed by atoms with E-state index in [9.17, 15) is 9.59 Å². The minimum atomic E-state index is -0.961. The standard InChI is InChI=1S/C20H15Cl4NO4/c21-15-16(22)20(24)7-19(15,23)11-12(20)14-10-9(13(11)29-14)17(26)25(18(10)27)28-6-8-4-2-1-3-5-8/h1-5,9-14H,6-7H2/t9-,10+,11-,12-,13+,14-,19-,20-/m0/s1. The molecular weight excluding hydrogens is 460 g/mol. The number of hydroxylamine groups is 2. The molecule has 0 spiro atoms. The fourth-order valence-corrected chi connectivity index (χ4v) is 8.12. The Kier molecular flexibility index (Phi) is 3.85. The third kappa shape index (κ3) is 2.12. The van der Waals surface area contributed by atoms with Crippen molar-refractivity contribution in [1.29, 1.82) is 0 Å². The summed E-state index contributed by atoms with van der Waals surface area (Å²) in [4.78, 5) is 29.9. The highest BCUT2D eigenvalue weighted by atomic mass is 35.5. The summed E-state index contributed by atoms with van der Waals surface area (Å²) in [5, 5.41) is 1.56. The van der Waals surface area contributed by atoms with E-state index in [1.807, 2.05) is 30.3 Å². The van der Waals surface area contributed by atoms with E-state index in [0.29, 0.717) is 16.5 Å². The van der Waals surface area contributed by atoms with Gasteiger partial charge in [0.1, 0.15) is 6.61 Å². The van der Waals surface area contributed by atoms with Crippen LogP contribution >= 0.6 is 46.4 Å². The zero-order chi connectivity index (χ0) is 20.3. The zero-order valence-corrected chi connectivity index (χ0v) is 17.9. The summed E-state index contributed by atoms with van der Waals surface area (Å²) in [7, 11) is 0. The number of halogens is 4. The minimum Gasteiger partial charge on any atom is -0.373 e. The first-order valence-electron chi connectivity index (χ1n) is 9.43. The molecule has 3 heterocycles. The molecule has 0 radical (unpaired) electrons. The Bertz CT molecular complexity index is 932. The van der Waals surface area contributed by atoms with Crippen molar-refractivity contribution in [2.75, 3.05) is 0 Å². The molecule has 2 aliphatic carbocycles. The first-order valence-corrected chi connectivity index (χ1v) is 10.9. The van der Waals surface area contributed by atoms with Crippen molar-refractivity contribution < 1.29 is 19.2 Å². The molecule has 29 heavy (non-hydrogen) atoms. The van der Waals surface area contributed by atoms with E-state index in [-0.39, 0.29) is 30.3 Å². The van der Waals surface area contributed by atoms with Crippen molar-refractivity contribution in [1.82, 2.24) is 5.06 Å². The summed E-state index contributed by atoms with van der Waals surface area (Å²) in [6, 6.07) is 9.35. The first-order chi connectivity index (χ1) is 13.8. The van der Waals surface area contributed by atoms with Crippen LogP contribution in [0.2, 0.25) is 0 Å². The molecule has 0 N–H and O–H groups in total. The van der Waals surface area contributed by atoms with Gasteiger partial charge in [0.15, 0.2) is 0 Å². The lowest BCUT2D eigenvalue weighted by Crippen LogP contribution is -2.50. The average molecular weight is 475 g/mol. The van der Waals surface area contributed by atoms with Crippen molar-refractivity contribution in [2.24, 2.45) is 23.7 Å². The molecular formula is C20H15Cl4NO4. The second-order valence-electron chi connectivity index (χ2n) is 8.43. The van der Waals surface area contributed by atoms with Gasteiger partial charge in [-0.15, -0.1) is 23.2 Å². The number of alkyl halides is 2. The Morgan fingerprint density at radius 2 is 1.48 bits per heavy atom. The van der Waals surface area contributed by atoms with E-state index in [4.69, 9.17) is 56.0 Å². The molecule has 6 rings (SSSR count). The number of nitrogens with zero attached hydrogens (tertiary/aromatic N) is 1. The maximum Gasteiger partial charge on any atom is 0.260 e. The number of ether oxygens (including phenoxy) is 1. The van der Waals surface area contributed by atoms with Gasteiger partial charge in [0.2, 0.25) is 0 Å². The molecule has 3 saturated heterocycles. The van der Waals surface area contributed by atoms with E-state index in [1.54, 1.807) is 0 Å². The maximum atomic E-state index is 13.1. The normalized spacial score (nSPS) is 46.8. The fraction of sp³-hybridized carbons (Fsp3) is 0.500. The van der Waals surface area contributed by atoms with Gasteiger partial charge in [0.05, 0.1) is 43.9 Å². The number of hydrogen-bond donors (Lipinski definition) is 0. The van der Waals surface area contributed by atoms with Crippen LogP contribution in [0, 0.1) is 23.7 Å². The highest BCUT2D eigenvalue weighted by molar-refractivity contribution is 6.51. The van der Waals surface area contributed by atoms with Crippen molar-refractivity contribution in [3.05, 3.63) is 46.0 Å². The van der Waals surface area contributed by atoms with E-state index >= 15 is 0 Å². The SMILES string of the molecule is O=C1[C@@H]2[C@H]3O[C@@H]([C@@H]2C(=O)N1OCc1ccccc1)[C@@H]1[C@@H]3[C@@]2(Cl)C[C@@]1(Cl)C(Cl)=C2Cl. The van der Waals surface area contributed by atoms with Gasteiger partial charge >= 0.3 is 0 Å². The zero-order valence-electron chi connectivity index (χ0n) is 14.9. The highest BCUT2D eigenvalue weighted by Gasteiger charge is 2.82. The average Bonchev–Trinajstić information content (AvgIpc) is 3.43. The van der Waals surface area contributed by atoms with E-state index < -0.39 is 33.8 Å². The number of allylic oxidation sites excluding steroid dienone is 2. The van der Waals surface area contributed by atoms with Crippen molar-refractivity contribution in [3.63, 3.8) is 0 Å². The van der Waals surface area contributed by atoms with Gasteiger partial charge in [-0.1, -0.05) is 53.5 Å². The first kappa shape index (κ1) is 18.9. The van der Waals surface area contributed by atoms with Crippen molar-refractivity contribution in [2.45, 2.75) is 35.0 Å². The van der Waals surface area contributed by atoms with Crippen LogP contribution in [0.5, 0.6) is 0 Å². The number of benzene rings is 1. The second-order valence-corrected chi connectivity index (χ2v) is 10.5. The molecule has 3 aliphatic heterocycles. The van der Waals surface area contributed by atoms with Gasteiger partial charge in [-0.3, -0.25) is 14.4 Å². The Morgan fingerprint density at radius 1 is 0.966 bits per heavy atom. The summed E-state index contributed by atoms with van der Waals surface area (Å²) >= 11 is 26.7. The van der Waals surface area contributed by atoms with Gasteiger partial charge < -0.3 is 4.74 Å². The van der Waals surface area contributed by atoms with Crippen LogP contribution in [-0.2, 0) is 25.8 Å². The number of fused-ring (bicyclic) bond motifs is 12. The molecule has 0 aromatic heterocycles. The maximum absolute atomic E-state index is 13.1. The molecule has 9 heteroatoms. The quantitative estimate of drug-likeness (QED) is 0.494. The molecule has 8 atom stereocenters. The molecule has 1 saturated carbocycles. The molecule has 1 aromatic rings. The lowest BCUT2D eigenvalue weighted by molar-refractivity contribution is -0.196. The third-order valence-corrected chi connectivity index (χ3v) is 9.66. The van der Waals surface area contributed by atoms with Crippen LogP contribution in [-0.4, -0.2) is 38.8 Å². The number of rotatable bonds is 3. The predicted octanol–water partition coefficient (Wildman–Crippen LogP) is 3.79. The molecule has 4 fully saturated rings. The molecule has 4 bridgehead atoms. The summed E-state index contributed by atoms with van der Waals surface area (Å²) in [6.45, 7) is 0.124. The number of carbonyl (C=O) groups is 2. The van der Waals surface area contributed by atoms with Crippen molar-refractivity contribution in [3.8, 4) is 0 Å². The van der Waals surface area contributed by atoms with Crippen LogP contribution in [0.4, 0.5) is 0 Å². The molecule has 0 unspecified atom stereocenters. The number of amides is 2. The summed E-state index contributed by atoms with van der Waals surface area (Å²) in [5.74, 6) is -2.59. The van der Waals surface area contributed by atoms with Gasteiger partial charge in [0.25, 0.3) is 11.8 Å². The van der Waals surface area contributed by atoms with Gasteiger partial charge in [-0.2, -0.15) is 5.06 Å². The van der Waals surface area contributed by atoms with Gasteiger partial charge in [0, 0.05) is 11.8 Å². The van der Waals surface area contributed by atoms with Crippen LogP contribution in [0.25, 0.3) is 0 Å². The third-order valence-electron chi connectivity index (χ3n) is 7.17. The number of imide groups is 1. The highest BCUT2D eigenvalue weighted by Crippen LogP contribution is 2.75. The predicted molar refractivity (Wildman–Crippen MR) is 106 cm³/mol. The summed E-state index contributed by atoms with van der Waals surface area (Å²) in [6.07, 6.45) is -0.690. The monoisotopic (exact) mass is 473 g/mol. The molecule has 5 aliphatic rings. The van der Waals surface area contributed by atoms with Gasteiger partial charge in [-0.05, 0) is 12.0 Å². The van der Waals surface area contributed by atoms with Crippen LogP contribution in [0.1, 0.15) is 12.0 Å². The number of hydrogen-bond acceptors (Lipinski definition) is 4. The topological polar surface area (TPSA) is 55.8 Å². The van der Waals surface area contributed by atoms with Crippen LogP contribution in [0.3, 0.4) is 0 Å². The molecule has 2 amide bonds. The molecule has 5 nitrogen and oxygen atoms in total. The summed E-state index contributed by atoms with van der Waals surface area (Å²) < 4.78 is 6.13. The minimum absolute atomic E-state index is 0.124.